The molecule has 1 N–H and O–H groups in total. The van der Waals surface area contributed by atoms with Gasteiger partial charge in [0, 0.05) is 5.66 Å². The van der Waals surface area contributed by atoms with Gasteiger partial charge >= 0.3 is 5.97 Å². The highest BCUT2D eigenvalue weighted by molar-refractivity contribution is 7.51. The quantitative estimate of drug-likeness (QED) is 0.535. The molecule has 5 heteroatoms. The zero-order chi connectivity index (χ0) is 17.8. The second-order valence-electron chi connectivity index (χ2n) is 5.91. The Bertz CT molecular complexity index is 447. The number of ether oxygens (including phenoxy) is 1. The number of rotatable bonds is 7. The summed E-state index contributed by atoms with van der Waals surface area (Å²) in [5, 5.41) is 3.23. The largest absolute Gasteiger partial charge is 0.461 e. The lowest BCUT2D eigenvalue weighted by Gasteiger charge is -2.24. The average Bonchev–Trinajstić information content (AvgIpc) is 2.62. The number of carbonyl (C=O) groups excluding carboxylic acids is 1. The normalized spacial score (nSPS) is 16.0. The Morgan fingerprint density at radius 3 is 2.38 bits per heavy atom. The number of carbonyl (C=O) groups is 1. The van der Waals surface area contributed by atoms with Gasteiger partial charge in [-0.1, -0.05) is 52.3 Å². The summed E-state index contributed by atoms with van der Waals surface area (Å²) in [5.41, 5.74) is 0.317. The zero-order valence-electron chi connectivity index (χ0n) is 15.5. The zero-order valence-corrected chi connectivity index (χ0v) is 16.4. The molecule has 0 aromatic heterocycles. The number of hydrogen-bond donors (Lipinski definition) is 1. The van der Waals surface area contributed by atoms with Crippen molar-refractivity contribution in [3.05, 3.63) is 30.3 Å². The first-order valence-corrected chi connectivity index (χ1v) is 10.4. The fraction of sp³-hybridized carbons (Fsp3) is 0.632. The number of esters is 1. The van der Waals surface area contributed by atoms with E-state index in [0.717, 1.165) is 18.6 Å². The Morgan fingerprint density at radius 2 is 1.79 bits per heavy atom. The molecule has 2 rings (SSSR count). The molecule has 0 heterocycles. The minimum absolute atomic E-state index is 0.114. The fourth-order valence-corrected chi connectivity index (χ4v) is 3.74. The van der Waals surface area contributed by atoms with Crippen molar-refractivity contribution in [1.29, 1.82) is 0 Å². The Hall–Kier alpha value is -1.12. The smallest absolute Gasteiger partial charge is 0.320 e. The molecular weight excluding hydrogens is 321 g/mol. The van der Waals surface area contributed by atoms with E-state index in [0.29, 0.717) is 5.66 Å². The molecule has 0 spiro atoms. The summed E-state index contributed by atoms with van der Waals surface area (Å²) in [6.45, 7) is 8.40. The van der Waals surface area contributed by atoms with Crippen LogP contribution in [0.1, 0.15) is 59.8 Å². The summed E-state index contributed by atoms with van der Waals surface area (Å²) in [7, 11) is -0.902. The van der Waals surface area contributed by atoms with Gasteiger partial charge in [-0.25, -0.2) is 0 Å². The molecule has 1 aliphatic carbocycles. The fourth-order valence-electron chi connectivity index (χ4n) is 2.47. The summed E-state index contributed by atoms with van der Waals surface area (Å²) >= 11 is 0. The van der Waals surface area contributed by atoms with E-state index in [9.17, 15) is 4.79 Å². The second kappa shape index (κ2) is 12.3. The highest BCUT2D eigenvalue weighted by Gasteiger charge is 2.20. The van der Waals surface area contributed by atoms with Crippen LogP contribution in [0.4, 0.5) is 0 Å². The van der Waals surface area contributed by atoms with Crippen molar-refractivity contribution >= 4 is 14.3 Å². The Labute approximate surface area is 148 Å². The van der Waals surface area contributed by atoms with E-state index in [2.05, 4.69) is 18.9 Å². The van der Waals surface area contributed by atoms with Gasteiger partial charge in [-0.2, -0.15) is 0 Å². The van der Waals surface area contributed by atoms with E-state index in [1.807, 2.05) is 44.2 Å². The van der Waals surface area contributed by atoms with Gasteiger partial charge in [-0.15, -0.1) is 0 Å². The SMILES string of the molecule is CC.CC(C)P(NCC(=O)OC1CCCCC1)Oc1ccccc1. The molecular formula is C19H32NO3P. The van der Waals surface area contributed by atoms with Crippen LogP contribution in [0, 0.1) is 0 Å². The van der Waals surface area contributed by atoms with Crippen LogP contribution in [0.15, 0.2) is 30.3 Å². The van der Waals surface area contributed by atoms with E-state index in [1.165, 1.54) is 19.3 Å². The van der Waals surface area contributed by atoms with Gasteiger partial charge in [-0.05, 0) is 37.8 Å². The van der Waals surface area contributed by atoms with Crippen molar-refractivity contribution < 1.29 is 14.1 Å². The van der Waals surface area contributed by atoms with Gasteiger partial charge in [-0.3, -0.25) is 9.88 Å². The molecule has 1 unspecified atom stereocenters. The third kappa shape index (κ3) is 8.12. The Kier molecular flexibility index (Phi) is 10.7. The number of para-hydroxylation sites is 1. The molecule has 0 aliphatic heterocycles. The van der Waals surface area contributed by atoms with Crippen molar-refractivity contribution in [2.75, 3.05) is 6.54 Å². The van der Waals surface area contributed by atoms with E-state index < -0.39 is 8.30 Å². The van der Waals surface area contributed by atoms with Crippen LogP contribution >= 0.6 is 8.30 Å². The molecule has 0 amide bonds. The molecule has 1 fully saturated rings. The maximum Gasteiger partial charge on any atom is 0.320 e. The molecule has 0 radical (unpaired) electrons. The standard InChI is InChI=1S/C17H26NO3P.C2H6/c1-14(2)22(21-16-11-7-4-8-12-16)18-13-17(19)20-15-9-5-3-6-10-15;1-2/h4,7-8,11-12,14-15,18H,3,5-6,9-10,13H2,1-2H3;1-2H3. The molecule has 0 saturated heterocycles. The van der Waals surface area contributed by atoms with Crippen LogP contribution in [0.25, 0.3) is 0 Å². The van der Waals surface area contributed by atoms with Crippen LogP contribution in [-0.2, 0) is 9.53 Å². The Balaban J connectivity index is 0.00000139. The van der Waals surface area contributed by atoms with Gasteiger partial charge < -0.3 is 9.26 Å². The molecule has 24 heavy (non-hydrogen) atoms. The molecule has 1 atom stereocenters. The van der Waals surface area contributed by atoms with E-state index in [-0.39, 0.29) is 18.6 Å². The van der Waals surface area contributed by atoms with Crippen LogP contribution in [-0.4, -0.2) is 24.3 Å². The van der Waals surface area contributed by atoms with E-state index in [1.54, 1.807) is 0 Å². The van der Waals surface area contributed by atoms with E-state index >= 15 is 0 Å². The predicted octanol–water partition coefficient (Wildman–Crippen LogP) is 5.28. The molecule has 1 aromatic carbocycles. The second-order valence-corrected chi connectivity index (χ2v) is 8.09. The van der Waals surface area contributed by atoms with Crippen LogP contribution < -0.4 is 9.61 Å². The van der Waals surface area contributed by atoms with Crippen LogP contribution in [0.5, 0.6) is 5.75 Å². The number of nitrogens with one attached hydrogen (secondary N) is 1. The topological polar surface area (TPSA) is 47.6 Å². The maximum absolute atomic E-state index is 12.0. The highest BCUT2D eigenvalue weighted by Crippen LogP contribution is 2.38. The first-order chi connectivity index (χ1) is 11.6. The third-order valence-electron chi connectivity index (χ3n) is 3.65. The highest BCUT2D eigenvalue weighted by atomic mass is 31.2. The predicted molar refractivity (Wildman–Crippen MR) is 101 cm³/mol. The van der Waals surface area contributed by atoms with Crippen molar-refractivity contribution in [1.82, 2.24) is 5.09 Å². The number of benzene rings is 1. The lowest BCUT2D eigenvalue weighted by Crippen LogP contribution is -2.29. The summed E-state index contributed by atoms with van der Waals surface area (Å²) < 4.78 is 11.5. The van der Waals surface area contributed by atoms with Gasteiger partial charge in [0.05, 0.1) is 0 Å². The summed E-state index contributed by atoms with van der Waals surface area (Å²) in [6.07, 6.45) is 5.72. The van der Waals surface area contributed by atoms with Gasteiger partial charge in [0.1, 0.15) is 18.4 Å². The van der Waals surface area contributed by atoms with Crippen LogP contribution in [0.2, 0.25) is 0 Å². The molecule has 0 bridgehead atoms. The molecule has 1 aliphatic rings. The maximum atomic E-state index is 12.0. The van der Waals surface area contributed by atoms with Crippen molar-refractivity contribution in [2.45, 2.75) is 71.6 Å². The number of hydrogen-bond acceptors (Lipinski definition) is 4. The average molecular weight is 353 g/mol. The van der Waals surface area contributed by atoms with Crippen molar-refractivity contribution in [3.8, 4) is 5.75 Å². The molecule has 1 saturated carbocycles. The molecule has 4 nitrogen and oxygen atoms in total. The first-order valence-electron chi connectivity index (χ1n) is 9.10. The Morgan fingerprint density at radius 1 is 1.17 bits per heavy atom. The minimum Gasteiger partial charge on any atom is -0.461 e. The van der Waals surface area contributed by atoms with Crippen molar-refractivity contribution in [3.63, 3.8) is 0 Å². The van der Waals surface area contributed by atoms with Crippen LogP contribution in [0.3, 0.4) is 0 Å². The summed E-state index contributed by atoms with van der Waals surface area (Å²) in [4.78, 5) is 12.0. The molecule has 1 aromatic rings. The van der Waals surface area contributed by atoms with E-state index in [4.69, 9.17) is 9.26 Å². The summed E-state index contributed by atoms with van der Waals surface area (Å²) in [5.74, 6) is 0.659. The van der Waals surface area contributed by atoms with Gasteiger partial charge in [0.15, 0.2) is 8.30 Å². The first kappa shape index (κ1) is 20.9. The van der Waals surface area contributed by atoms with Gasteiger partial charge in [0.25, 0.3) is 0 Å². The van der Waals surface area contributed by atoms with Crippen molar-refractivity contribution in [2.24, 2.45) is 0 Å². The monoisotopic (exact) mass is 353 g/mol. The third-order valence-corrected chi connectivity index (χ3v) is 5.46. The molecule has 136 valence electrons. The lowest BCUT2D eigenvalue weighted by molar-refractivity contribution is -0.148. The summed E-state index contributed by atoms with van der Waals surface area (Å²) in [6, 6.07) is 9.71. The minimum atomic E-state index is -0.902. The van der Waals surface area contributed by atoms with Gasteiger partial charge in [0.2, 0.25) is 0 Å². The lowest BCUT2D eigenvalue weighted by atomic mass is 9.98.